The first-order chi connectivity index (χ1) is 14.0. The second-order valence-corrected chi connectivity index (χ2v) is 6.91. The van der Waals surface area contributed by atoms with Crippen LogP contribution in [0, 0.1) is 17.0 Å². The van der Waals surface area contributed by atoms with Crippen molar-refractivity contribution in [2.45, 2.75) is 6.92 Å². The van der Waals surface area contributed by atoms with E-state index < -0.39 is 4.92 Å². The average molecular weight is 389 g/mol. The van der Waals surface area contributed by atoms with Crippen molar-refractivity contribution in [2.75, 3.05) is 27.2 Å². The molecule has 0 fully saturated rings. The summed E-state index contributed by atoms with van der Waals surface area (Å²) in [7, 11) is 3.99. The van der Waals surface area contributed by atoms with Gasteiger partial charge >= 0.3 is 0 Å². The SMILES string of the molecule is Cc1nc(-c2ccccc2)nc(-c2cccc([N+](=O)[O-])c2)c1C=NCCN(C)C. The van der Waals surface area contributed by atoms with Crippen LogP contribution in [-0.4, -0.2) is 53.2 Å². The van der Waals surface area contributed by atoms with Gasteiger partial charge in [0.1, 0.15) is 0 Å². The van der Waals surface area contributed by atoms with Crippen LogP contribution < -0.4 is 0 Å². The predicted octanol–water partition coefficient (Wildman–Crippen LogP) is 4.01. The van der Waals surface area contributed by atoms with E-state index in [1.807, 2.05) is 57.4 Å². The molecule has 0 saturated carbocycles. The largest absolute Gasteiger partial charge is 0.308 e. The van der Waals surface area contributed by atoms with Gasteiger partial charge in [-0.05, 0) is 21.0 Å². The third-order valence-electron chi connectivity index (χ3n) is 4.40. The Hall–Kier alpha value is -3.45. The average Bonchev–Trinajstić information content (AvgIpc) is 2.72. The van der Waals surface area contributed by atoms with Gasteiger partial charge in [0.25, 0.3) is 5.69 Å². The molecule has 0 aliphatic heterocycles. The molecule has 0 unspecified atom stereocenters. The Morgan fingerprint density at radius 2 is 1.79 bits per heavy atom. The van der Waals surface area contributed by atoms with Gasteiger partial charge < -0.3 is 4.90 Å². The fourth-order valence-corrected chi connectivity index (χ4v) is 2.85. The molecule has 7 heteroatoms. The van der Waals surface area contributed by atoms with Crippen LogP contribution >= 0.6 is 0 Å². The lowest BCUT2D eigenvalue weighted by molar-refractivity contribution is -0.384. The molecular weight excluding hydrogens is 366 g/mol. The first kappa shape index (κ1) is 20.3. The zero-order valence-electron chi connectivity index (χ0n) is 16.7. The van der Waals surface area contributed by atoms with Gasteiger partial charge in [0.15, 0.2) is 5.82 Å². The van der Waals surface area contributed by atoms with Crippen LogP contribution in [0.15, 0.2) is 59.6 Å². The minimum Gasteiger partial charge on any atom is -0.308 e. The smallest absolute Gasteiger partial charge is 0.270 e. The van der Waals surface area contributed by atoms with Gasteiger partial charge in [-0.1, -0.05) is 42.5 Å². The monoisotopic (exact) mass is 389 g/mol. The fraction of sp³-hybridized carbons (Fsp3) is 0.227. The molecule has 2 aromatic carbocycles. The van der Waals surface area contributed by atoms with Crippen LogP contribution in [0.3, 0.4) is 0 Å². The molecular formula is C22H23N5O2. The zero-order chi connectivity index (χ0) is 20.8. The van der Waals surface area contributed by atoms with Crippen LogP contribution in [0.2, 0.25) is 0 Å². The summed E-state index contributed by atoms with van der Waals surface area (Å²) in [6.07, 6.45) is 1.77. The molecule has 148 valence electrons. The molecule has 0 aliphatic carbocycles. The number of benzene rings is 2. The van der Waals surface area contributed by atoms with Crippen LogP contribution in [0.5, 0.6) is 0 Å². The molecule has 0 aliphatic rings. The number of aliphatic imine (C=N–C) groups is 1. The Labute approximate surface area is 169 Å². The number of aryl methyl sites for hydroxylation is 1. The molecule has 0 spiro atoms. The van der Waals surface area contributed by atoms with Crippen LogP contribution in [0.25, 0.3) is 22.6 Å². The lowest BCUT2D eigenvalue weighted by Gasteiger charge is -2.11. The minimum absolute atomic E-state index is 0.0236. The fourth-order valence-electron chi connectivity index (χ4n) is 2.85. The summed E-state index contributed by atoms with van der Waals surface area (Å²) in [4.78, 5) is 26.8. The van der Waals surface area contributed by atoms with Crippen LogP contribution in [0.1, 0.15) is 11.3 Å². The summed E-state index contributed by atoms with van der Waals surface area (Å²) < 4.78 is 0. The van der Waals surface area contributed by atoms with E-state index in [2.05, 4.69) is 14.9 Å². The normalized spacial score (nSPS) is 11.3. The van der Waals surface area contributed by atoms with Gasteiger partial charge in [0.2, 0.25) is 0 Å². The molecule has 0 saturated heterocycles. The predicted molar refractivity (Wildman–Crippen MR) is 115 cm³/mol. The second-order valence-electron chi connectivity index (χ2n) is 6.91. The number of rotatable bonds is 7. The van der Waals surface area contributed by atoms with Crippen molar-refractivity contribution < 1.29 is 4.92 Å². The third-order valence-corrected chi connectivity index (χ3v) is 4.40. The first-order valence-electron chi connectivity index (χ1n) is 9.29. The topological polar surface area (TPSA) is 84.5 Å². The Morgan fingerprint density at radius 3 is 2.48 bits per heavy atom. The standard InChI is InChI=1S/C22H23N5O2/c1-16-20(15-23-12-13-26(2)3)21(18-10-7-11-19(14-18)27(28)29)25-22(24-16)17-8-5-4-6-9-17/h4-11,14-15H,12-13H2,1-3H3. The van der Waals surface area contributed by atoms with Crippen molar-refractivity contribution in [3.05, 3.63) is 76.0 Å². The Balaban J connectivity index is 2.12. The lowest BCUT2D eigenvalue weighted by Crippen LogP contribution is -2.15. The summed E-state index contributed by atoms with van der Waals surface area (Å²) in [6.45, 7) is 3.37. The van der Waals surface area contributed by atoms with E-state index in [4.69, 9.17) is 4.98 Å². The highest BCUT2D eigenvalue weighted by atomic mass is 16.6. The van der Waals surface area contributed by atoms with Gasteiger partial charge in [-0.15, -0.1) is 0 Å². The van der Waals surface area contributed by atoms with E-state index >= 15 is 0 Å². The molecule has 0 atom stereocenters. The maximum Gasteiger partial charge on any atom is 0.270 e. The van der Waals surface area contributed by atoms with Crippen molar-refractivity contribution >= 4 is 11.9 Å². The van der Waals surface area contributed by atoms with E-state index in [0.29, 0.717) is 23.6 Å². The number of hydrogen-bond donors (Lipinski definition) is 0. The van der Waals surface area contributed by atoms with Crippen molar-refractivity contribution in [2.24, 2.45) is 4.99 Å². The number of hydrogen-bond acceptors (Lipinski definition) is 6. The Kier molecular flexibility index (Phi) is 6.41. The number of nitro groups is 1. The van der Waals surface area contributed by atoms with Crippen LogP contribution in [-0.2, 0) is 0 Å². The zero-order valence-corrected chi connectivity index (χ0v) is 16.7. The Morgan fingerprint density at radius 1 is 1.07 bits per heavy atom. The summed E-state index contributed by atoms with van der Waals surface area (Å²) >= 11 is 0. The summed E-state index contributed by atoms with van der Waals surface area (Å²) in [5.74, 6) is 0.579. The molecule has 0 N–H and O–H groups in total. The van der Waals surface area contributed by atoms with Crippen molar-refractivity contribution in [1.82, 2.24) is 14.9 Å². The van der Waals surface area contributed by atoms with Crippen molar-refractivity contribution in [3.63, 3.8) is 0 Å². The number of likely N-dealkylation sites (N-methyl/N-ethyl adjacent to an activating group) is 1. The molecule has 3 aromatic rings. The first-order valence-corrected chi connectivity index (χ1v) is 9.29. The third kappa shape index (κ3) is 5.08. The van der Waals surface area contributed by atoms with Gasteiger partial charge in [0.05, 0.1) is 22.9 Å². The van der Waals surface area contributed by atoms with E-state index in [0.717, 1.165) is 23.4 Å². The lowest BCUT2D eigenvalue weighted by atomic mass is 10.0. The molecule has 3 rings (SSSR count). The number of nitro benzene ring substituents is 1. The number of nitrogens with zero attached hydrogens (tertiary/aromatic N) is 5. The van der Waals surface area contributed by atoms with Crippen molar-refractivity contribution in [1.29, 1.82) is 0 Å². The van der Waals surface area contributed by atoms with E-state index in [1.165, 1.54) is 12.1 Å². The van der Waals surface area contributed by atoms with E-state index in [-0.39, 0.29) is 5.69 Å². The van der Waals surface area contributed by atoms with Gasteiger partial charge in [-0.25, -0.2) is 9.97 Å². The molecule has 7 nitrogen and oxygen atoms in total. The highest BCUT2D eigenvalue weighted by Crippen LogP contribution is 2.28. The molecule has 0 bridgehead atoms. The molecule has 1 aromatic heterocycles. The van der Waals surface area contributed by atoms with E-state index in [1.54, 1.807) is 12.3 Å². The van der Waals surface area contributed by atoms with Gasteiger partial charge in [-0.2, -0.15) is 0 Å². The second kappa shape index (κ2) is 9.16. The number of non-ortho nitro benzene ring substituents is 1. The molecule has 29 heavy (non-hydrogen) atoms. The minimum atomic E-state index is -0.402. The van der Waals surface area contributed by atoms with Crippen LogP contribution in [0.4, 0.5) is 5.69 Å². The Bertz CT molecular complexity index is 1030. The summed E-state index contributed by atoms with van der Waals surface area (Å²) in [5, 5.41) is 11.2. The highest BCUT2D eigenvalue weighted by molar-refractivity contribution is 5.91. The molecule has 0 radical (unpaired) electrons. The van der Waals surface area contributed by atoms with Gasteiger partial charge in [0, 0.05) is 41.6 Å². The summed E-state index contributed by atoms with van der Waals surface area (Å²) in [6, 6.07) is 16.2. The van der Waals surface area contributed by atoms with E-state index in [9.17, 15) is 10.1 Å². The van der Waals surface area contributed by atoms with Crippen molar-refractivity contribution in [3.8, 4) is 22.6 Å². The molecule has 1 heterocycles. The maximum absolute atomic E-state index is 11.2. The molecule has 0 amide bonds. The highest BCUT2D eigenvalue weighted by Gasteiger charge is 2.16. The number of aromatic nitrogens is 2. The maximum atomic E-state index is 11.2. The quantitative estimate of drug-likeness (QED) is 0.346. The summed E-state index contributed by atoms with van der Waals surface area (Å²) in [5.41, 5.74) is 3.75. The van der Waals surface area contributed by atoms with Gasteiger partial charge in [-0.3, -0.25) is 15.1 Å².